The molecule has 3 nitrogen and oxygen atoms in total. The summed E-state index contributed by atoms with van der Waals surface area (Å²) in [5.41, 5.74) is 14.6. The zero-order valence-corrected chi connectivity index (χ0v) is 30.9. The van der Waals surface area contributed by atoms with Crippen LogP contribution in [0.4, 0.5) is 0 Å². The smallest absolute Gasteiger partial charge is 0.164 e. The molecule has 264 valence electrons. The van der Waals surface area contributed by atoms with Gasteiger partial charge in [-0.15, -0.1) is 0 Å². The van der Waals surface area contributed by atoms with E-state index in [1.54, 1.807) is 0 Å². The molecule has 3 heteroatoms. The highest BCUT2D eigenvalue weighted by Gasteiger charge is 2.50. The molecule has 0 aliphatic heterocycles. The van der Waals surface area contributed by atoms with Crippen LogP contribution in [0.3, 0.4) is 0 Å². The van der Waals surface area contributed by atoms with Crippen molar-refractivity contribution in [3.63, 3.8) is 0 Å². The molecule has 0 amide bonds. The molecule has 10 aromatic rings. The zero-order valence-electron chi connectivity index (χ0n) is 30.9. The van der Waals surface area contributed by atoms with Crippen LogP contribution in [0.15, 0.2) is 200 Å². The van der Waals surface area contributed by atoms with Gasteiger partial charge in [-0.2, -0.15) is 0 Å². The van der Waals surface area contributed by atoms with Crippen molar-refractivity contribution in [2.75, 3.05) is 0 Å². The van der Waals surface area contributed by atoms with Crippen molar-refractivity contribution in [2.45, 2.75) is 5.41 Å². The van der Waals surface area contributed by atoms with E-state index in [9.17, 15) is 0 Å². The summed E-state index contributed by atoms with van der Waals surface area (Å²) in [4.78, 5) is 15.8. The first-order valence-electron chi connectivity index (χ1n) is 19.5. The number of rotatable bonds is 5. The number of nitrogens with zero attached hydrogens (tertiary/aromatic N) is 3. The van der Waals surface area contributed by atoms with Crippen LogP contribution in [-0.2, 0) is 5.41 Å². The second kappa shape index (κ2) is 12.3. The van der Waals surface area contributed by atoms with Crippen LogP contribution < -0.4 is 0 Å². The molecule has 2 aliphatic carbocycles. The number of aromatic nitrogens is 3. The summed E-state index contributed by atoms with van der Waals surface area (Å²) in [5, 5.41) is 5.24. The van der Waals surface area contributed by atoms with E-state index in [4.69, 9.17) is 15.0 Å². The Hall–Kier alpha value is -7.49. The third-order valence-corrected chi connectivity index (χ3v) is 12.1. The summed E-state index contributed by atoms with van der Waals surface area (Å²) < 4.78 is 0. The van der Waals surface area contributed by atoms with Gasteiger partial charge in [0.05, 0.1) is 5.41 Å². The molecule has 0 saturated carbocycles. The Labute approximate surface area is 330 Å². The molecule has 57 heavy (non-hydrogen) atoms. The monoisotopic (exact) mass is 723 g/mol. The number of hydrogen-bond donors (Lipinski definition) is 0. The Bertz CT molecular complexity index is 3110. The number of fused-ring (bicyclic) bond motifs is 7. The van der Waals surface area contributed by atoms with Crippen LogP contribution in [0.5, 0.6) is 0 Å². The molecule has 1 spiro atoms. The lowest BCUT2D eigenvalue weighted by atomic mass is 9.70. The van der Waals surface area contributed by atoms with Crippen LogP contribution >= 0.6 is 0 Å². The van der Waals surface area contributed by atoms with Gasteiger partial charge in [0.25, 0.3) is 0 Å². The van der Waals surface area contributed by atoms with Gasteiger partial charge in [0.2, 0.25) is 0 Å². The van der Waals surface area contributed by atoms with Crippen LogP contribution in [0.2, 0.25) is 0 Å². The third-order valence-electron chi connectivity index (χ3n) is 12.1. The van der Waals surface area contributed by atoms with Gasteiger partial charge in [0, 0.05) is 16.7 Å². The topological polar surface area (TPSA) is 38.7 Å². The first-order chi connectivity index (χ1) is 28.2. The third kappa shape index (κ3) is 4.69. The van der Waals surface area contributed by atoms with Gasteiger partial charge in [-0.1, -0.05) is 176 Å². The lowest BCUT2D eigenvalue weighted by Gasteiger charge is -2.31. The van der Waals surface area contributed by atoms with Gasteiger partial charge < -0.3 is 0 Å². The molecule has 0 unspecified atom stereocenters. The summed E-state index contributed by atoms with van der Waals surface area (Å²) in [6.07, 6.45) is 0. The highest BCUT2D eigenvalue weighted by atomic mass is 15.0. The normalized spacial score (nSPS) is 13.1. The average Bonchev–Trinajstić information content (AvgIpc) is 3.77. The van der Waals surface area contributed by atoms with Crippen molar-refractivity contribution in [1.29, 1.82) is 0 Å². The lowest BCUT2D eigenvalue weighted by molar-refractivity contribution is 0.797. The Morgan fingerprint density at radius 2 is 0.719 bits per heavy atom. The minimum absolute atomic E-state index is 0.475. The maximum atomic E-state index is 5.35. The van der Waals surface area contributed by atoms with Gasteiger partial charge in [0.15, 0.2) is 17.5 Å². The van der Waals surface area contributed by atoms with Crippen molar-refractivity contribution in [3.05, 3.63) is 222 Å². The minimum atomic E-state index is -0.475. The first kappa shape index (κ1) is 31.8. The maximum absolute atomic E-state index is 5.35. The second-order valence-electron chi connectivity index (χ2n) is 15.1. The Kier molecular flexibility index (Phi) is 6.84. The van der Waals surface area contributed by atoms with E-state index in [1.807, 2.05) is 18.2 Å². The molecular formula is C54H33N3. The fourth-order valence-corrected chi connectivity index (χ4v) is 9.63. The summed E-state index contributed by atoms with van der Waals surface area (Å²) in [5.74, 6) is 1.92. The van der Waals surface area contributed by atoms with Gasteiger partial charge in [-0.25, -0.2) is 15.0 Å². The van der Waals surface area contributed by atoms with Gasteiger partial charge in [0.1, 0.15) is 0 Å². The molecule has 0 bridgehead atoms. The SMILES string of the molecule is c1ccc(-c2cc(-c3ccccc3)cc(-c3nc(-c4ccccc4)nc(-c4ccc5c(c4)C4(c6ccccc6-5)c5cccc6ccc7cccc4c7c56)n3)c2)cc1. The van der Waals surface area contributed by atoms with E-state index in [0.29, 0.717) is 17.5 Å². The van der Waals surface area contributed by atoms with E-state index >= 15 is 0 Å². The van der Waals surface area contributed by atoms with Gasteiger partial charge >= 0.3 is 0 Å². The van der Waals surface area contributed by atoms with E-state index in [-0.39, 0.29) is 0 Å². The molecule has 9 aromatic carbocycles. The van der Waals surface area contributed by atoms with Crippen molar-refractivity contribution in [2.24, 2.45) is 0 Å². The van der Waals surface area contributed by atoms with Gasteiger partial charge in [-0.3, -0.25) is 0 Å². The summed E-state index contributed by atoms with van der Waals surface area (Å²) in [6.45, 7) is 0. The summed E-state index contributed by atoms with van der Waals surface area (Å²) >= 11 is 0. The Morgan fingerprint density at radius 3 is 1.32 bits per heavy atom. The highest BCUT2D eigenvalue weighted by Crippen LogP contribution is 2.62. The van der Waals surface area contributed by atoms with Crippen molar-refractivity contribution in [1.82, 2.24) is 15.0 Å². The predicted molar refractivity (Wildman–Crippen MR) is 233 cm³/mol. The quantitative estimate of drug-likeness (QED) is 0.166. The largest absolute Gasteiger partial charge is 0.208 e. The van der Waals surface area contributed by atoms with Crippen molar-refractivity contribution >= 4 is 21.5 Å². The number of hydrogen-bond acceptors (Lipinski definition) is 3. The van der Waals surface area contributed by atoms with Crippen LogP contribution in [0.1, 0.15) is 22.3 Å². The highest BCUT2D eigenvalue weighted by molar-refractivity contribution is 6.17. The molecule has 0 N–H and O–H groups in total. The van der Waals surface area contributed by atoms with E-state index < -0.39 is 5.41 Å². The average molecular weight is 724 g/mol. The Morgan fingerprint density at radius 1 is 0.263 bits per heavy atom. The molecule has 2 aliphatic rings. The lowest BCUT2D eigenvalue weighted by Crippen LogP contribution is -2.26. The van der Waals surface area contributed by atoms with Crippen molar-refractivity contribution < 1.29 is 0 Å². The maximum Gasteiger partial charge on any atom is 0.164 e. The van der Waals surface area contributed by atoms with Crippen LogP contribution in [0.25, 0.3) is 89.1 Å². The molecular weight excluding hydrogens is 691 g/mol. The van der Waals surface area contributed by atoms with Crippen molar-refractivity contribution in [3.8, 4) is 67.5 Å². The molecule has 0 radical (unpaired) electrons. The number of benzene rings is 9. The minimum Gasteiger partial charge on any atom is -0.208 e. The van der Waals surface area contributed by atoms with E-state index in [2.05, 4.69) is 182 Å². The summed E-state index contributed by atoms with van der Waals surface area (Å²) in [7, 11) is 0. The summed E-state index contributed by atoms with van der Waals surface area (Å²) in [6, 6.07) is 72.0. The van der Waals surface area contributed by atoms with E-state index in [0.717, 1.165) is 38.9 Å². The Balaban J connectivity index is 1.11. The van der Waals surface area contributed by atoms with Crippen LogP contribution in [0, 0.1) is 0 Å². The molecule has 0 atom stereocenters. The fraction of sp³-hybridized carbons (Fsp3) is 0.0185. The van der Waals surface area contributed by atoms with Gasteiger partial charge in [-0.05, 0) is 101 Å². The standard InChI is InChI=1S/C54H33N3/c1-4-14-34(15-5-1)40-30-41(35-16-6-2-7-17-35)32-42(31-40)53-56-51(38-18-8-3-9-19-38)55-52(57-53)39-28-29-44-43-22-10-11-23-45(43)54(48(44)33-39)46-24-12-20-36-26-27-37-21-13-25-47(54)50(37)49(36)46/h1-33H. The second-order valence-corrected chi connectivity index (χ2v) is 15.1. The van der Waals surface area contributed by atoms with E-state index in [1.165, 1.54) is 54.9 Å². The zero-order chi connectivity index (χ0) is 37.5. The molecule has 0 saturated heterocycles. The molecule has 1 aromatic heterocycles. The predicted octanol–water partition coefficient (Wildman–Crippen LogP) is 13.2. The molecule has 12 rings (SSSR count). The molecule has 1 heterocycles. The fourth-order valence-electron chi connectivity index (χ4n) is 9.63. The van der Waals surface area contributed by atoms with Crippen LogP contribution in [-0.4, -0.2) is 15.0 Å². The molecule has 0 fully saturated rings. The first-order valence-corrected chi connectivity index (χ1v) is 19.5.